The maximum absolute atomic E-state index is 13.5. The van der Waals surface area contributed by atoms with Gasteiger partial charge in [0.2, 0.25) is 0 Å². The quantitative estimate of drug-likeness (QED) is 0.380. The monoisotopic (exact) mass is 534 g/mol. The number of aryl methyl sites for hydroxylation is 1. The van der Waals surface area contributed by atoms with E-state index in [9.17, 15) is 27.2 Å². The molecule has 2 aliphatic rings. The van der Waals surface area contributed by atoms with Gasteiger partial charge in [-0.25, -0.2) is 9.18 Å². The van der Waals surface area contributed by atoms with Crippen LogP contribution in [0.5, 0.6) is 0 Å². The number of fused-ring (bicyclic) bond motifs is 1. The van der Waals surface area contributed by atoms with E-state index >= 15 is 0 Å². The summed E-state index contributed by atoms with van der Waals surface area (Å²) in [6.45, 7) is 0.924. The lowest BCUT2D eigenvalue weighted by Gasteiger charge is -2.17. The Morgan fingerprint density at radius 2 is 1.74 bits per heavy atom. The average molecular weight is 535 g/mol. The van der Waals surface area contributed by atoms with Crippen LogP contribution in [0.2, 0.25) is 0 Å². The van der Waals surface area contributed by atoms with E-state index in [0.29, 0.717) is 13.0 Å². The SMILES string of the molecule is O=C(C[C@H](/C=C/C(=O)N1CCc2ccccc21)CCc1ccccc1)[C@@H]1C[C@H](F)CN1.O=C(O)C(F)(F)F. The van der Waals surface area contributed by atoms with E-state index in [0.717, 1.165) is 24.9 Å². The second-order valence-electron chi connectivity index (χ2n) is 9.28. The molecular weight excluding hydrogens is 504 g/mol. The third-order valence-corrected chi connectivity index (χ3v) is 6.48. The van der Waals surface area contributed by atoms with Gasteiger partial charge >= 0.3 is 12.1 Å². The minimum atomic E-state index is -5.08. The highest BCUT2D eigenvalue weighted by atomic mass is 19.4. The van der Waals surface area contributed by atoms with Crippen molar-refractivity contribution < 1.29 is 37.1 Å². The van der Waals surface area contributed by atoms with Gasteiger partial charge in [0.05, 0.1) is 6.04 Å². The first-order valence-corrected chi connectivity index (χ1v) is 12.4. The molecule has 0 radical (unpaired) electrons. The molecule has 0 bridgehead atoms. The number of hydrogen-bond acceptors (Lipinski definition) is 4. The number of benzene rings is 2. The smallest absolute Gasteiger partial charge is 0.475 e. The van der Waals surface area contributed by atoms with Crippen molar-refractivity contribution in [1.29, 1.82) is 0 Å². The Morgan fingerprint density at radius 3 is 2.37 bits per heavy atom. The number of hydrogen-bond donors (Lipinski definition) is 2. The van der Waals surface area contributed by atoms with E-state index in [2.05, 4.69) is 23.5 Å². The molecule has 2 heterocycles. The number of halogens is 4. The van der Waals surface area contributed by atoms with Crippen LogP contribution in [0.1, 0.15) is 30.4 Å². The number of nitrogens with one attached hydrogen (secondary N) is 1. The molecule has 2 aliphatic heterocycles. The second kappa shape index (κ2) is 13.3. The summed E-state index contributed by atoms with van der Waals surface area (Å²) in [5.74, 6) is -2.84. The van der Waals surface area contributed by atoms with Crippen LogP contribution in [0.4, 0.5) is 23.2 Å². The van der Waals surface area contributed by atoms with Gasteiger partial charge in [0.1, 0.15) is 12.0 Å². The molecule has 2 aromatic carbocycles. The van der Waals surface area contributed by atoms with E-state index in [4.69, 9.17) is 9.90 Å². The van der Waals surface area contributed by atoms with E-state index in [-0.39, 0.29) is 30.6 Å². The number of aliphatic carboxylic acids is 1. The number of amides is 1. The highest BCUT2D eigenvalue weighted by molar-refractivity contribution is 6.03. The number of nitrogens with zero attached hydrogens (tertiary/aromatic N) is 1. The van der Waals surface area contributed by atoms with Gasteiger partial charge < -0.3 is 15.3 Å². The molecule has 204 valence electrons. The summed E-state index contributed by atoms with van der Waals surface area (Å²) in [5.41, 5.74) is 3.36. The van der Waals surface area contributed by atoms with Crippen LogP contribution in [-0.2, 0) is 27.2 Å². The molecule has 3 atom stereocenters. The number of carboxylic acid groups (broad SMARTS) is 1. The van der Waals surface area contributed by atoms with Crippen LogP contribution in [0.3, 0.4) is 0 Å². The third kappa shape index (κ3) is 8.51. The van der Waals surface area contributed by atoms with Crippen molar-refractivity contribution in [3.05, 3.63) is 77.9 Å². The van der Waals surface area contributed by atoms with E-state index < -0.39 is 24.4 Å². The zero-order valence-electron chi connectivity index (χ0n) is 20.7. The fourth-order valence-electron chi connectivity index (χ4n) is 4.48. The zero-order chi connectivity index (χ0) is 27.7. The zero-order valence-corrected chi connectivity index (χ0v) is 20.7. The lowest BCUT2D eigenvalue weighted by molar-refractivity contribution is -0.192. The maximum Gasteiger partial charge on any atom is 0.490 e. The number of alkyl halides is 4. The van der Waals surface area contributed by atoms with Crippen molar-refractivity contribution in [3.63, 3.8) is 0 Å². The molecule has 0 aromatic heterocycles. The molecule has 6 nitrogen and oxygen atoms in total. The number of carbonyl (C=O) groups is 3. The Hall–Kier alpha value is -3.53. The number of carboxylic acids is 1. The van der Waals surface area contributed by atoms with Crippen LogP contribution in [0, 0.1) is 5.92 Å². The van der Waals surface area contributed by atoms with Crippen LogP contribution in [0.15, 0.2) is 66.7 Å². The van der Waals surface area contributed by atoms with Crippen molar-refractivity contribution in [2.24, 2.45) is 5.92 Å². The van der Waals surface area contributed by atoms with Crippen LogP contribution < -0.4 is 10.2 Å². The van der Waals surface area contributed by atoms with Gasteiger partial charge in [-0.15, -0.1) is 0 Å². The number of Topliss-reactive ketones (excluding diaryl/α,β-unsaturated/α-hetero) is 1. The fourth-order valence-corrected chi connectivity index (χ4v) is 4.48. The highest BCUT2D eigenvalue weighted by Crippen LogP contribution is 2.28. The number of carbonyl (C=O) groups excluding carboxylic acids is 2. The lowest BCUT2D eigenvalue weighted by atomic mass is 9.91. The van der Waals surface area contributed by atoms with E-state index in [1.54, 1.807) is 11.0 Å². The molecule has 1 amide bonds. The predicted octanol–water partition coefficient (Wildman–Crippen LogP) is 4.67. The number of rotatable bonds is 8. The number of para-hydroxylation sites is 1. The van der Waals surface area contributed by atoms with Gasteiger partial charge in [0.25, 0.3) is 5.91 Å². The molecule has 0 saturated carbocycles. The van der Waals surface area contributed by atoms with Crippen molar-refractivity contribution in [1.82, 2.24) is 5.32 Å². The van der Waals surface area contributed by atoms with Gasteiger partial charge in [0.15, 0.2) is 0 Å². The summed E-state index contributed by atoms with van der Waals surface area (Å²) in [5, 5.41) is 10.1. The van der Waals surface area contributed by atoms with Crippen molar-refractivity contribution in [3.8, 4) is 0 Å². The first-order valence-electron chi connectivity index (χ1n) is 12.4. The summed E-state index contributed by atoms with van der Waals surface area (Å²) in [6, 6.07) is 17.7. The molecule has 10 heteroatoms. The van der Waals surface area contributed by atoms with Gasteiger partial charge in [-0.3, -0.25) is 9.59 Å². The summed E-state index contributed by atoms with van der Waals surface area (Å²) in [7, 11) is 0. The molecule has 2 N–H and O–H groups in total. The van der Waals surface area contributed by atoms with E-state index in [1.807, 2.05) is 42.5 Å². The first kappa shape index (κ1) is 29.0. The lowest BCUT2D eigenvalue weighted by Crippen LogP contribution is -2.32. The first-order chi connectivity index (χ1) is 18.0. The largest absolute Gasteiger partial charge is 0.490 e. The topological polar surface area (TPSA) is 86.7 Å². The summed E-state index contributed by atoms with van der Waals surface area (Å²) in [6.07, 6.45) is 0.481. The predicted molar refractivity (Wildman–Crippen MR) is 135 cm³/mol. The molecule has 1 saturated heterocycles. The van der Waals surface area contributed by atoms with Crippen LogP contribution in [-0.4, -0.2) is 54.2 Å². The standard InChI is InChI=1S/C26H29FN2O2.C2HF3O2/c27-22-17-23(28-18-22)25(30)16-20(11-10-19-6-2-1-3-7-19)12-13-26(31)29-15-14-21-8-4-5-9-24(21)29;3-2(4,5)1(6)7/h1-9,12-13,20,22-23,28H,10-11,14-18H2;(H,6,7)/b13-12+;/t20-,22-,23-;/m0./s1. The fraction of sp³-hybridized carbons (Fsp3) is 0.393. The van der Waals surface area contributed by atoms with E-state index in [1.165, 1.54) is 11.1 Å². The van der Waals surface area contributed by atoms with Gasteiger partial charge in [-0.05, 0) is 48.4 Å². The normalized spacial score (nSPS) is 19.5. The van der Waals surface area contributed by atoms with Crippen molar-refractivity contribution in [2.75, 3.05) is 18.0 Å². The number of allylic oxidation sites excluding steroid dienone is 1. The molecule has 0 aliphatic carbocycles. The van der Waals surface area contributed by atoms with Gasteiger partial charge in [-0.1, -0.05) is 54.6 Å². The minimum Gasteiger partial charge on any atom is -0.475 e. The maximum atomic E-state index is 13.5. The van der Waals surface area contributed by atoms with Crippen molar-refractivity contribution in [2.45, 2.75) is 50.5 Å². The Balaban J connectivity index is 0.000000505. The molecule has 1 fully saturated rings. The second-order valence-corrected chi connectivity index (χ2v) is 9.28. The number of ketones is 1. The highest BCUT2D eigenvalue weighted by Gasteiger charge is 2.38. The Labute approximate surface area is 218 Å². The van der Waals surface area contributed by atoms with Crippen LogP contribution >= 0.6 is 0 Å². The molecule has 38 heavy (non-hydrogen) atoms. The Kier molecular flexibility index (Phi) is 10.2. The summed E-state index contributed by atoms with van der Waals surface area (Å²) in [4.78, 5) is 36.3. The molecule has 0 unspecified atom stereocenters. The third-order valence-electron chi connectivity index (χ3n) is 6.48. The average Bonchev–Trinajstić information content (AvgIpc) is 3.52. The Morgan fingerprint density at radius 1 is 1.08 bits per heavy atom. The molecule has 2 aromatic rings. The van der Waals surface area contributed by atoms with Crippen molar-refractivity contribution >= 4 is 23.3 Å². The molecule has 4 rings (SSSR count). The summed E-state index contributed by atoms with van der Waals surface area (Å²) >= 11 is 0. The Bertz CT molecular complexity index is 1140. The molecular formula is C28H30F4N2O4. The molecule has 0 spiro atoms. The van der Waals surface area contributed by atoms with Gasteiger partial charge in [0, 0.05) is 31.6 Å². The van der Waals surface area contributed by atoms with Crippen LogP contribution in [0.25, 0.3) is 0 Å². The van der Waals surface area contributed by atoms with Gasteiger partial charge in [-0.2, -0.15) is 13.2 Å². The summed E-state index contributed by atoms with van der Waals surface area (Å²) < 4.78 is 45.2. The minimum absolute atomic E-state index is 0.0295. The number of anilines is 1.